The van der Waals surface area contributed by atoms with Crippen LogP contribution in [0.4, 0.5) is 0 Å². The molecule has 0 aliphatic rings. The standard InChI is InChI=1S/C22H22O2/c1-16-10-13-20(14-11-16)21(22(4,17(2)23)18(3)24)15-12-19-8-6-5-7-9-19/h5-11,13-14,21H,1-4H3. The van der Waals surface area contributed by atoms with Crippen molar-refractivity contribution < 1.29 is 9.59 Å². The molecule has 0 amide bonds. The van der Waals surface area contributed by atoms with E-state index in [0.717, 1.165) is 16.7 Å². The van der Waals surface area contributed by atoms with Crippen LogP contribution in [-0.4, -0.2) is 11.6 Å². The van der Waals surface area contributed by atoms with E-state index in [-0.39, 0.29) is 11.6 Å². The molecule has 0 saturated heterocycles. The zero-order valence-corrected chi connectivity index (χ0v) is 14.6. The molecular weight excluding hydrogens is 296 g/mol. The third-order valence-electron chi connectivity index (χ3n) is 4.59. The number of benzene rings is 2. The molecule has 2 aromatic rings. The van der Waals surface area contributed by atoms with E-state index in [0.29, 0.717) is 0 Å². The quantitative estimate of drug-likeness (QED) is 0.621. The van der Waals surface area contributed by atoms with Gasteiger partial charge in [0.05, 0.1) is 5.92 Å². The summed E-state index contributed by atoms with van der Waals surface area (Å²) in [5.41, 5.74) is 1.72. The lowest BCUT2D eigenvalue weighted by molar-refractivity contribution is -0.137. The number of Topliss-reactive ketones (excluding diaryl/α,β-unsaturated/α-hetero) is 2. The van der Waals surface area contributed by atoms with E-state index in [1.165, 1.54) is 13.8 Å². The van der Waals surface area contributed by atoms with Crippen molar-refractivity contribution in [2.75, 3.05) is 0 Å². The first-order valence-electron chi connectivity index (χ1n) is 8.01. The highest BCUT2D eigenvalue weighted by molar-refractivity contribution is 6.06. The average Bonchev–Trinajstić information content (AvgIpc) is 2.56. The second kappa shape index (κ2) is 7.27. The van der Waals surface area contributed by atoms with Gasteiger partial charge in [-0.3, -0.25) is 9.59 Å². The zero-order valence-electron chi connectivity index (χ0n) is 14.6. The van der Waals surface area contributed by atoms with E-state index in [9.17, 15) is 9.59 Å². The Morgan fingerprint density at radius 2 is 1.46 bits per heavy atom. The summed E-state index contributed by atoms with van der Waals surface area (Å²) in [4.78, 5) is 24.6. The lowest BCUT2D eigenvalue weighted by Crippen LogP contribution is -2.39. The van der Waals surface area contributed by atoms with Crippen LogP contribution in [0, 0.1) is 24.2 Å². The topological polar surface area (TPSA) is 34.1 Å². The summed E-state index contributed by atoms with van der Waals surface area (Å²) in [6, 6.07) is 17.4. The minimum Gasteiger partial charge on any atom is -0.299 e. The third-order valence-corrected chi connectivity index (χ3v) is 4.59. The Morgan fingerprint density at radius 3 is 1.96 bits per heavy atom. The monoisotopic (exact) mass is 318 g/mol. The minimum absolute atomic E-state index is 0.164. The first-order valence-corrected chi connectivity index (χ1v) is 8.01. The molecule has 0 saturated carbocycles. The Hall–Kier alpha value is -2.66. The molecule has 0 aromatic heterocycles. The van der Waals surface area contributed by atoms with Crippen molar-refractivity contribution in [1.82, 2.24) is 0 Å². The first kappa shape index (κ1) is 17.7. The van der Waals surface area contributed by atoms with Gasteiger partial charge in [0.25, 0.3) is 0 Å². The predicted octanol–water partition coefficient (Wildman–Crippen LogP) is 4.31. The Balaban J connectivity index is 2.57. The molecule has 122 valence electrons. The largest absolute Gasteiger partial charge is 0.299 e. The normalized spacial score (nSPS) is 12.0. The maximum atomic E-state index is 12.3. The van der Waals surface area contributed by atoms with Crippen molar-refractivity contribution in [2.45, 2.75) is 33.6 Å². The Bertz CT molecular complexity index is 775. The highest BCUT2D eigenvalue weighted by Crippen LogP contribution is 2.37. The second-order valence-electron chi connectivity index (χ2n) is 6.29. The molecule has 0 aliphatic heterocycles. The van der Waals surface area contributed by atoms with Gasteiger partial charge in [0, 0.05) is 5.56 Å². The number of hydrogen-bond acceptors (Lipinski definition) is 2. The molecule has 2 nitrogen and oxygen atoms in total. The highest BCUT2D eigenvalue weighted by atomic mass is 16.2. The van der Waals surface area contributed by atoms with Gasteiger partial charge in [0.1, 0.15) is 17.0 Å². The molecule has 1 atom stereocenters. The predicted molar refractivity (Wildman–Crippen MR) is 96.7 cm³/mol. The molecule has 0 N–H and O–H groups in total. The average molecular weight is 318 g/mol. The summed E-state index contributed by atoms with van der Waals surface area (Å²) >= 11 is 0. The molecule has 0 bridgehead atoms. The first-order chi connectivity index (χ1) is 11.4. The molecular formula is C22H22O2. The summed E-state index contributed by atoms with van der Waals surface area (Å²) in [7, 11) is 0. The van der Waals surface area contributed by atoms with Crippen molar-refractivity contribution >= 4 is 11.6 Å². The summed E-state index contributed by atoms with van der Waals surface area (Å²) in [5, 5.41) is 0. The van der Waals surface area contributed by atoms with Crippen LogP contribution in [0.2, 0.25) is 0 Å². The molecule has 0 aliphatic carbocycles. The fourth-order valence-electron chi connectivity index (χ4n) is 2.65. The van der Waals surface area contributed by atoms with Crippen LogP contribution in [0.5, 0.6) is 0 Å². The van der Waals surface area contributed by atoms with Crippen LogP contribution in [0.1, 0.15) is 43.4 Å². The van der Waals surface area contributed by atoms with Gasteiger partial charge in [0.2, 0.25) is 0 Å². The van der Waals surface area contributed by atoms with Crippen molar-refractivity contribution in [1.29, 1.82) is 0 Å². The van der Waals surface area contributed by atoms with Crippen LogP contribution >= 0.6 is 0 Å². The van der Waals surface area contributed by atoms with Crippen molar-refractivity contribution in [3.8, 4) is 11.8 Å². The van der Waals surface area contributed by atoms with Crippen molar-refractivity contribution in [3.05, 3.63) is 71.3 Å². The van der Waals surface area contributed by atoms with E-state index in [1.54, 1.807) is 6.92 Å². The maximum Gasteiger partial charge on any atom is 0.144 e. The second-order valence-corrected chi connectivity index (χ2v) is 6.29. The van der Waals surface area contributed by atoms with E-state index in [4.69, 9.17) is 0 Å². The fraction of sp³-hybridized carbons (Fsp3) is 0.273. The summed E-state index contributed by atoms with van der Waals surface area (Å²) in [5.74, 6) is 5.50. The highest BCUT2D eigenvalue weighted by Gasteiger charge is 2.43. The van der Waals surface area contributed by atoms with Gasteiger partial charge >= 0.3 is 0 Å². The van der Waals surface area contributed by atoms with Gasteiger partial charge in [-0.2, -0.15) is 0 Å². The summed E-state index contributed by atoms with van der Waals surface area (Å²) in [6.07, 6.45) is 0. The fourth-order valence-corrected chi connectivity index (χ4v) is 2.65. The van der Waals surface area contributed by atoms with Gasteiger partial charge in [-0.05, 0) is 45.4 Å². The lowest BCUT2D eigenvalue weighted by atomic mass is 9.68. The van der Waals surface area contributed by atoms with Crippen LogP contribution in [0.25, 0.3) is 0 Å². The van der Waals surface area contributed by atoms with Crippen LogP contribution < -0.4 is 0 Å². The van der Waals surface area contributed by atoms with E-state index in [1.807, 2.05) is 61.5 Å². The van der Waals surface area contributed by atoms with Crippen LogP contribution in [0.3, 0.4) is 0 Å². The van der Waals surface area contributed by atoms with Crippen molar-refractivity contribution in [2.24, 2.45) is 5.41 Å². The molecule has 24 heavy (non-hydrogen) atoms. The lowest BCUT2D eigenvalue weighted by Gasteiger charge is -2.30. The minimum atomic E-state index is -1.16. The molecule has 0 radical (unpaired) electrons. The van der Waals surface area contributed by atoms with Gasteiger partial charge in [-0.1, -0.05) is 59.9 Å². The number of aryl methyl sites for hydroxylation is 1. The number of ketones is 2. The summed E-state index contributed by atoms with van der Waals surface area (Å²) < 4.78 is 0. The molecule has 1 unspecified atom stereocenters. The zero-order chi connectivity index (χ0) is 17.7. The third kappa shape index (κ3) is 3.63. The Labute approximate surface area is 143 Å². The van der Waals surface area contributed by atoms with Gasteiger partial charge in [-0.25, -0.2) is 0 Å². The van der Waals surface area contributed by atoms with Crippen LogP contribution in [-0.2, 0) is 9.59 Å². The molecule has 2 heteroatoms. The van der Waals surface area contributed by atoms with E-state index < -0.39 is 11.3 Å². The van der Waals surface area contributed by atoms with Crippen LogP contribution in [0.15, 0.2) is 54.6 Å². The maximum absolute atomic E-state index is 12.3. The molecule has 2 rings (SSSR count). The van der Waals surface area contributed by atoms with E-state index >= 15 is 0 Å². The Morgan fingerprint density at radius 1 is 0.917 bits per heavy atom. The number of hydrogen-bond donors (Lipinski definition) is 0. The van der Waals surface area contributed by atoms with E-state index in [2.05, 4.69) is 11.8 Å². The smallest absolute Gasteiger partial charge is 0.144 e. The number of rotatable bonds is 4. The van der Waals surface area contributed by atoms with Gasteiger partial charge in [0.15, 0.2) is 0 Å². The summed E-state index contributed by atoms with van der Waals surface area (Å²) in [6.45, 7) is 6.63. The number of carbonyl (C=O) groups excluding carboxylic acids is 2. The SMILES string of the molecule is CC(=O)C(C)(C(C)=O)C(C#Cc1ccccc1)c1ccc(C)cc1. The Kier molecular flexibility index (Phi) is 5.36. The molecule has 2 aromatic carbocycles. The van der Waals surface area contributed by atoms with Crippen molar-refractivity contribution in [3.63, 3.8) is 0 Å². The van der Waals surface area contributed by atoms with Gasteiger partial charge < -0.3 is 0 Å². The molecule has 0 heterocycles. The van der Waals surface area contributed by atoms with Gasteiger partial charge in [-0.15, -0.1) is 0 Å². The number of carbonyl (C=O) groups is 2. The molecule has 0 fully saturated rings. The molecule has 0 spiro atoms.